The molecule has 17 heavy (non-hydrogen) atoms. The molecular weight excluding hydrogens is 230 g/mol. The van der Waals surface area contributed by atoms with Gasteiger partial charge in [0.15, 0.2) is 0 Å². The van der Waals surface area contributed by atoms with Crippen molar-refractivity contribution >= 4 is 22.9 Å². The number of carbonyl (C=O) groups is 1. The van der Waals surface area contributed by atoms with Crippen molar-refractivity contribution in [3.8, 4) is 0 Å². The van der Waals surface area contributed by atoms with Gasteiger partial charge >= 0.3 is 0 Å². The number of nitrogens with one attached hydrogen (secondary N) is 1. The van der Waals surface area contributed by atoms with Crippen LogP contribution in [0.3, 0.4) is 0 Å². The molecule has 1 unspecified atom stereocenters. The van der Waals surface area contributed by atoms with Crippen LogP contribution in [0.2, 0.25) is 0 Å². The molecule has 0 saturated carbocycles. The quantitative estimate of drug-likeness (QED) is 0.875. The number of thiophene rings is 1. The second kappa shape index (κ2) is 5.15. The first-order chi connectivity index (χ1) is 8.16. The highest BCUT2D eigenvalue weighted by Gasteiger charge is 2.15. The lowest BCUT2D eigenvalue weighted by atomic mass is 10.1. The molecule has 0 fully saturated rings. The maximum atomic E-state index is 12.0. The van der Waals surface area contributed by atoms with E-state index in [1.165, 1.54) is 5.56 Å². The zero-order chi connectivity index (χ0) is 12.3. The van der Waals surface area contributed by atoms with Crippen LogP contribution in [0, 0.1) is 6.92 Å². The number of carbonyl (C=O) groups excluding carboxylic acids is 1. The number of aryl methyl sites for hydroxylation is 1. The molecule has 88 valence electrons. The van der Waals surface area contributed by atoms with Crippen molar-refractivity contribution in [1.29, 1.82) is 0 Å². The highest BCUT2D eigenvalue weighted by atomic mass is 32.1. The predicted molar refractivity (Wildman–Crippen MR) is 72.5 cm³/mol. The lowest BCUT2D eigenvalue weighted by Crippen LogP contribution is -2.17. The molecule has 0 aliphatic rings. The molecule has 0 saturated heterocycles. The molecule has 1 amide bonds. The Balaban J connectivity index is 2.04. The molecule has 0 aliphatic carbocycles. The molecule has 2 nitrogen and oxygen atoms in total. The van der Waals surface area contributed by atoms with Crippen LogP contribution in [-0.4, -0.2) is 5.91 Å². The summed E-state index contributed by atoms with van der Waals surface area (Å²) in [6.07, 6.45) is 0. The Morgan fingerprint density at radius 1 is 1.24 bits per heavy atom. The van der Waals surface area contributed by atoms with Crippen LogP contribution >= 0.6 is 11.3 Å². The smallest absolute Gasteiger partial charge is 0.232 e. The van der Waals surface area contributed by atoms with E-state index in [1.807, 2.05) is 55.6 Å². The fourth-order valence-corrected chi connectivity index (χ4v) is 2.34. The zero-order valence-electron chi connectivity index (χ0n) is 9.94. The van der Waals surface area contributed by atoms with E-state index in [0.29, 0.717) is 0 Å². The van der Waals surface area contributed by atoms with E-state index in [-0.39, 0.29) is 11.8 Å². The van der Waals surface area contributed by atoms with Crippen molar-refractivity contribution in [2.24, 2.45) is 0 Å². The average molecular weight is 245 g/mol. The van der Waals surface area contributed by atoms with Crippen LogP contribution in [0.1, 0.15) is 23.3 Å². The monoisotopic (exact) mass is 245 g/mol. The Labute approximate surface area is 105 Å². The summed E-state index contributed by atoms with van der Waals surface area (Å²) in [5.74, 6) is -0.0624. The SMILES string of the molecule is Cc1ccc(NC(=O)C(C)c2cccs2)cc1. The van der Waals surface area contributed by atoms with Gasteiger partial charge in [-0.3, -0.25) is 4.79 Å². The van der Waals surface area contributed by atoms with Crippen molar-refractivity contribution in [3.63, 3.8) is 0 Å². The molecule has 1 atom stereocenters. The fraction of sp³-hybridized carbons (Fsp3) is 0.214. The first-order valence-electron chi connectivity index (χ1n) is 5.58. The molecule has 2 aromatic rings. The summed E-state index contributed by atoms with van der Waals surface area (Å²) in [5, 5.41) is 4.92. The second-order valence-electron chi connectivity index (χ2n) is 4.09. The third-order valence-corrected chi connectivity index (χ3v) is 3.74. The van der Waals surface area contributed by atoms with E-state index in [2.05, 4.69) is 5.32 Å². The Hall–Kier alpha value is -1.61. The van der Waals surface area contributed by atoms with Crippen LogP contribution in [0.25, 0.3) is 0 Å². The molecular formula is C14H15NOS. The standard InChI is InChI=1S/C14H15NOS/c1-10-5-7-12(8-6-10)15-14(16)11(2)13-4-3-9-17-13/h3-9,11H,1-2H3,(H,15,16). The molecule has 0 spiro atoms. The van der Waals surface area contributed by atoms with Crippen LogP contribution in [0.15, 0.2) is 41.8 Å². The van der Waals surface area contributed by atoms with Gasteiger partial charge in [0, 0.05) is 10.6 Å². The summed E-state index contributed by atoms with van der Waals surface area (Å²) in [5.41, 5.74) is 2.04. The number of amides is 1. The first kappa shape index (κ1) is 11.9. The fourth-order valence-electron chi connectivity index (χ4n) is 1.55. The minimum Gasteiger partial charge on any atom is -0.326 e. The molecule has 0 aliphatic heterocycles. The van der Waals surface area contributed by atoms with Crippen LogP contribution < -0.4 is 5.32 Å². The predicted octanol–water partition coefficient (Wildman–Crippen LogP) is 3.80. The normalized spacial score (nSPS) is 12.1. The van der Waals surface area contributed by atoms with E-state index in [9.17, 15) is 4.79 Å². The lowest BCUT2D eigenvalue weighted by molar-refractivity contribution is -0.117. The Morgan fingerprint density at radius 2 is 1.94 bits per heavy atom. The van der Waals surface area contributed by atoms with Gasteiger partial charge in [-0.15, -0.1) is 11.3 Å². The maximum absolute atomic E-state index is 12.0. The van der Waals surface area contributed by atoms with Crippen molar-refractivity contribution in [3.05, 3.63) is 52.2 Å². The summed E-state index contributed by atoms with van der Waals surface area (Å²) >= 11 is 1.61. The Bertz CT molecular complexity index is 487. The van der Waals surface area contributed by atoms with Crippen LogP contribution in [0.5, 0.6) is 0 Å². The topological polar surface area (TPSA) is 29.1 Å². The molecule has 0 bridgehead atoms. The molecule has 3 heteroatoms. The Kier molecular flexibility index (Phi) is 3.59. The number of benzene rings is 1. The van der Waals surface area contributed by atoms with Gasteiger partial charge in [-0.1, -0.05) is 23.8 Å². The van der Waals surface area contributed by atoms with Gasteiger partial charge in [-0.2, -0.15) is 0 Å². The Morgan fingerprint density at radius 3 is 2.53 bits per heavy atom. The molecule has 0 radical (unpaired) electrons. The van der Waals surface area contributed by atoms with Crippen LogP contribution in [0.4, 0.5) is 5.69 Å². The van der Waals surface area contributed by atoms with E-state index < -0.39 is 0 Å². The van der Waals surface area contributed by atoms with E-state index in [1.54, 1.807) is 11.3 Å². The van der Waals surface area contributed by atoms with E-state index >= 15 is 0 Å². The van der Waals surface area contributed by atoms with E-state index in [0.717, 1.165) is 10.6 Å². The minimum atomic E-state index is -0.101. The third kappa shape index (κ3) is 2.94. The summed E-state index contributed by atoms with van der Waals surface area (Å²) in [7, 11) is 0. The number of anilines is 1. The van der Waals surface area contributed by atoms with Gasteiger partial charge in [0.25, 0.3) is 0 Å². The average Bonchev–Trinajstić information content (AvgIpc) is 2.84. The van der Waals surface area contributed by atoms with Crippen molar-refractivity contribution in [2.45, 2.75) is 19.8 Å². The first-order valence-corrected chi connectivity index (χ1v) is 6.46. The van der Waals surface area contributed by atoms with Gasteiger partial charge in [-0.25, -0.2) is 0 Å². The van der Waals surface area contributed by atoms with Crippen molar-refractivity contribution < 1.29 is 4.79 Å². The number of rotatable bonds is 3. The summed E-state index contributed by atoms with van der Waals surface area (Å²) < 4.78 is 0. The third-order valence-electron chi connectivity index (χ3n) is 2.68. The van der Waals surface area contributed by atoms with Gasteiger partial charge in [0.1, 0.15) is 0 Å². The molecule has 1 aromatic carbocycles. The summed E-state index contributed by atoms with van der Waals surface area (Å²) in [4.78, 5) is 13.1. The van der Waals surface area contributed by atoms with Gasteiger partial charge in [0.2, 0.25) is 5.91 Å². The molecule has 2 rings (SSSR count). The summed E-state index contributed by atoms with van der Waals surface area (Å²) in [6, 6.07) is 11.8. The number of hydrogen-bond acceptors (Lipinski definition) is 2. The zero-order valence-corrected chi connectivity index (χ0v) is 10.8. The number of hydrogen-bond donors (Lipinski definition) is 1. The second-order valence-corrected chi connectivity index (χ2v) is 5.07. The highest BCUT2D eigenvalue weighted by molar-refractivity contribution is 7.10. The van der Waals surface area contributed by atoms with Crippen molar-refractivity contribution in [1.82, 2.24) is 0 Å². The lowest BCUT2D eigenvalue weighted by Gasteiger charge is -2.10. The van der Waals surface area contributed by atoms with Gasteiger partial charge in [0.05, 0.1) is 5.92 Å². The summed E-state index contributed by atoms with van der Waals surface area (Å²) in [6.45, 7) is 3.95. The molecule has 1 aromatic heterocycles. The molecule has 1 heterocycles. The van der Waals surface area contributed by atoms with Gasteiger partial charge in [-0.05, 0) is 37.4 Å². The molecule has 1 N–H and O–H groups in total. The van der Waals surface area contributed by atoms with Crippen LogP contribution in [-0.2, 0) is 4.79 Å². The van der Waals surface area contributed by atoms with Crippen molar-refractivity contribution in [2.75, 3.05) is 5.32 Å². The van der Waals surface area contributed by atoms with Gasteiger partial charge < -0.3 is 5.32 Å². The largest absolute Gasteiger partial charge is 0.326 e. The van der Waals surface area contributed by atoms with E-state index in [4.69, 9.17) is 0 Å². The minimum absolute atomic E-state index is 0.0382. The maximum Gasteiger partial charge on any atom is 0.232 e. The highest BCUT2D eigenvalue weighted by Crippen LogP contribution is 2.22.